The van der Waals surface area contributed by atoms with Crippen LogP contribution in [0.1, 0.15) is 36.5 Å². The van der Waals surface area contributed by atoms with Gasteiger partial charge in [-0.1, -0.05) is 60.7 Å². The summed E-state index contributed by atoms with van der Waals surface area (Å²) in [4.78, 5) is 12.5. The Balaban J connectivity index is 1.67. The lowest BCUT2D eigenvalue weighted by molar-refractivity contribution is -0.152. The molecule has 2 aromatic rings. The summed E-state index contributed by atoms with van der Waals surface area (Å²) in [6, 6.07) is 16.4. The molecule has 0 saturated carbocycles. The topological polar surface area (TPSA) is 26.3 Å². The van der Waals surface area contributed by atoms with E-state index in [1.165, 1.54) is 11.1 Å². The monoisotopic (exact) mass is 290 g/mol. The van der Waals surface area contributed by atoms with E-state index in [9.17, 15) is 4.79 Å². The maximum atomic E-state index is 12.5. The minimum Gasteiger partial charge on any atom is -0.452 e. The van der Waals surface area contributed by atoms with Crippen molar-refractivity contribution in [3.05, 3.63) is 71.8 Å². The second-order valence-electron chi connectivity index (χ2n) is 5.97. The predicted octanol–water partition coefficient (Wildman–Crippen LogP) is 4.66. The van der Waals surface area contributed by atoms with Gasteiger partial charge < -0.3 is 4.74 Å². The SMILES string of the molecule is O=C(OC1c2ccccc2-c2ccccc21)[C@@H]1CC=CCC1. The third-order valence-electron chi connectivity index (χ3n) is 4.61. The molecule has 2 nitrogen and oxygen atoms in total. The largest absolute Gasteiger partial charge is 0.452 e. The van der Waals surface area contributed by atoms with Crippen LogP contribution >= 0.6 is 0 Å². The maximum Gasteiger partial charge on any atom is 0.310 e. The van der Waals surface area contributed by atoms with Crippen LogP contribution in [0.25, 0.3) is 11.1 Å². The predicted molar refractivity (Wildman–Crippen MR) is 86.3 cm³/mol. The zero-order chi connectivity index (χ0) is 14.9. The number of carbonyl (C=O) groups excluding carboxylic acids is 1. The van der Waals surface area contributed by atoms with Crippen molar-refractivity contribution in [2.24, 2.45) is 5.92 Å². The van der Waals surface area contributed by atoms with E-state index in [0.717, 1.165) is 30.4 Å². The van der Waals surface area contributed by atoms with Crippen LogP contribution < -0.4 is 0 Å². The van der Waals surface area contributed by atoms with Crippen molar-refractivity contribution in [2.45, 2.75) is 25.4 Å². The number of carbonyl (C=O) groups is 1. The molecule has 0 aliphatic heterocycles. The molecule has 0 radical (unpaired) electrons. The number of hydrogen-bond acceptors (Lipinski definition) is 2. The maximum absolute atomic E-state index is 12.5. The summed E-state index contributed by atoms with van der Waals surface area (Å²) in [6.07, 6.45) is 6.64. The third kappa shape index (κ3) is 2.16. The fourth-order valence-corrected chi connectivity index (χ4v) is 3.46. The molecule has 2 aromatic carbocycles. The van der Waals surface area contributed by atoms with Crippen molar-refractivity contribution < 1.29 is 9.53 Å². The Labute approximate surface area is 130 Å². The van der Waals surface area contributed by atoms with Crippen molar-refractivity contribution in [1.82, 2.24) is 0 Å². The minimum absolute atomic E-state index is 0.00456. The smallest absolute Gasteiger partial charge is 0.310 e. The first-order valence-electron chi connectivity index (χ1n) is 7.88. The van der Waals surface area contributed by atoms with Gasteiger partial charge in [0.2, 0.25) is 0 Å². The van der Waals surface area contributed by atoms with Gasteiger partial charge in [-0.05, 0) is 30.4 Å². The van der Waals surface area contributed by atoms with E-state index >= 15 is 0 Å². The van der Waals surface area contributed by atoms with Gasteiger partial charge in [0.1, 0.15) is 0 Å². The highest BCUT2D eigenvalue weighted by atomic mass is 16.5. The van der Waals surface area contributed by atoms with E-state index in [1.807, 2.05) is 24.3 Å². The number of allylic oxidation sites excluding steroid dienone is 2. The first-order valence-corrected chi connectivity index (χ1v) is 7.88. The van der Waals surface area contributed by atoms with Crippen molar-refractivity contribution in [1.29, 1.82) is 0 Å². The van der Waals surface area contributed by atoms with Crippen LogP contribution in [0.2, 0.25) is 0 Å². The van der Waals surface area contributed by atoms with E-state index in [-0.39, 0.29) is 18.0 Å². The molecular formula is C20H18O2. The Morgan fingerprint density at radius 1 is 0.909 bits per heavy atom. The highest BCUT2D eigenvalue weighted by Gasteiger charge is 2.32. The van der Waals surface area contributed by atoms with Gasteiger partial charge in [-0.2, -0.15) is 0 Å². The molecule has 22 heavy (non-hydrogen) atoms. The van der Waals surface area contributed by atoms with Crippen LogP contribution in [0, 0.1) is 5.92 Å². The van der Waals surface area contributed by atoms with Gasteiger partial charge in [-0.25, -0.2) is 0 Å². The van der Waals surface area contributed by atoms with Crippen LogP contribution in [0.3, 0.4) is 0 Å². The van der Waals surface area contributed by atoms with Crippen LogP contribution in [0.4, 0.5) is 0 Å². The van der Waals surface area contributed by atoms with Crippen molar-refractivity contribution >= 4 is 5.97 Å². The normalized spacial score (nSPS) is 19.5. The number of benzene rings is 2. The van der Waals surface area contributed by atoms with Gasteiger partial charge in [0.15, 0.2) is 6.10 Å². The number of fused-ring (bicyclic) bond motifs is 3. The molecule has 0 aromatic heterocycles. The molecule has 4 rings (SSSR count). The first kappa shape index (κ1) is 13.3. The van der Waals surface area contributed by atoms with E-state index in [4.69, 9.17) is 4.74 Å². The number of hydrogen-bond donors (Lipinski definition) is 0. The molecule has 2 aliphatic rings. The number of esters is 1. The second kappa shape index (κ2) is 5.45. The zero-order valence-electron chi connectivity index (χ0n) is 12.4. The molecule has 2 aliphatic carbocycles. The molecule has 0 heterocycles. The Hall–Kier alpha value is -2.35. The van der Waals surface area contributed by atoms with E-state index in [2.05, 4.69) is 36.4 Å². The Bertz CT molecular complexity index is 699. The minimum atomic E-state index is -0.259. The van der Waals surface area contributed by atoms with Crippen LogP contribution in [0.15, 0.2) is 60.7 Å². The fourth-order valence-electron chi connectivity index (χ4n) is 3.46. The molecule has 0 fully saturated rings. The van der Waals surface area contributed by atoms with Crippen LogP contribution in [0.5, 0.6) is 0 Å². The number of ether oxygens (including phenoxy) is 1. The fraction of sp³-hybridized carbons (Fsp3) is 0.250. The van der Waals surface area contributed by atoms with Crippen molar-refractivity contribution in [3.63, 3.8) is 0 Å². The van der Waals surface area contributed by atoms with Crippen LogP contribution in [-0.4, -0.2) is 5.97 Å². The third-order valence-corrected chi connectivity index (χ3v) is 4.61. The molecule has 0 unspecified atom stereocenters. The lowest BCUT2D eigenvalue weighted by atomic mass is 9.94. The molecule has 0 amide bonds. The highest BCUT2D eigenvalue weighted by molar-refractivity contribution is 5.80. The summed E-state index contributed by atoms with van der Waals surface area (Å²) >= 11 is 0. The van der Waals surface area contributed by atoms with Gasteiger partial charge in [0, 0.05) is 11.1 Å². The van der Waals surface area contributed by atoms with Gasteiger partial charge in [0.25, 0.3) is 0 Å². The molecule has 1 atom stereocenters. The van der Waals surface area contributed by atoms with E-state index < -0.39 is 0 Å². The zero-order valence-corrected chi connectivity index (χ0v) is 12.4. The quantitative estimate of drug-likeness (QED) is 0.594. The van der Waals surface area contributed by atoms with Crippen molar-refractivity contribution in [3.8, 4) is 11.1 Å². The molecule has 2 heteroatoms. The number of rotatable bonds is 2. The van der Waals surface area contributed by atoms with Gasteiger partial charge in [-0.3, -0.25) is 4.79 Å². The molecule has 0 saturated heterocycles. The Kier molecular flexibility index (Phi) is 3.30. The molecule has 0 N–H and O–H groups in total. The molecule has 110 valence electrons. The average Bonchev–Trinajstić information content (AvgIpc) is 2.90. The van der Waals surface area contributed by atoms with Gasteiger partial charge >= 0.3 is 5.97 Å². The lowest BCUT2D eigenvalue weighted by Crippen LogP contribution is -2.21. The average molecular weight is 290 g/mol. The lowest BCUT2D eigenvalue weighted by Gasteiger charge is -2.21. The summed E-state index contributed by atoms with van der Waals surface area (Å²) in [7, 11) is 0. The molecule has 0 spiro atoms. The summed E-state index contributed by atoms with van der Waals surface area (Å²) in [5.74, 6) is -0.0641. The summed E-state index contributed by atoms with van der Waals surface area (Å²) < 4.78 is 5.93. The highest BCUT2D eigenvalue weighted by Crippen LogP contribution is 2.45. The second-order valence-corrected chi connectivity index (χ2v) is 5.97. The van der Waals surface area contributed by atoms with Gasteiger partial charge in [0.05, 0.1) is 5.92 Å². The Morgan fingerprint density at radius 3 is 2.14 bits per heavy atom. The van der Waals surface area contributed by atoms with E-state index in [1.54, 1.807) is 0 Å². The van der Waals surface area contributed by atoms with Gasteiger partial charge in [-0.15, -0.1) is 0 Å². The standard InChI is InChI=1S/C20H18O2/c21-20(14-8-2-1-3-9-14)22-19-17-12-6-4-10-15(17)16-11-5-7-13-18(16)19/h1-2,4-7,10-14,19H,3,8-9H2/t14-/m1/s1. The summed E-state index contributed by atoms with van der Waals surface area (Å²) in [5.41, 5.74) is 4.56. The van der Waals surface area contributed by atoms with E-state index in [0.29, 0.717) is 0 Å². The van der Waals surface area contributed by atoms with Crippen molar-refractivity contribution in [2.75, 3.05) is 0 Å². The summed E-state index contributed by atoms with van der Waals surface area (Å²) in [5, 5.41) is 0. The first-order chi connectivity index (χ1) is 10.8. The van der Waals surface area contributed by atoms with Crippen LogP contribution in [-0.2, 0) is 9.53 Å². The summed E-state index contributed by atoms with van der Waals surface area (Å²) in [6.45, 7) is 0. The molecular weight excluding hydrogens is 272 g/mol. The molecule has 0 bridgehead atoms. The Morgan fingerprint density at radius 2 is 1.55 bits per heavy atom.